The number of hydrogen-bond donors (Lipinski definition) is 1. The van der Waals surface area contributed by atoms with Gasteiger partial charge in [0.15, 0.2) is 5.78 Å². The fourth-order valence-electron chi connectivity index (χ4n) is 4.72. The Balaban J connectivity index is 1.73. The van der Waals surface area contributed by atoms with Crippen LogP contribution in [0.4, 0.5) is 0 Å². The van der Waals surface area contributed by atoms with Gasteiger partial charge < -0.3 is 14.8 Å². The van der Waals surface area contributed by atoms with Gasteiger partial charge in [0, 0.05) is 44.6 Å². The highest BCUT2D eigenvalue weighted by Crippen LogP contribution is 2.49. The van der Waals surface area contributed by atoms with Crippen LogP contribution in [0.15, 0.2) is 58.4 Å². The number of carbonyl (C=O) groups excluding carboxylic acids is 2. The van der Waals surface area contributed by atoms with Crippen LogP contribution in [0.5, 0.6) is 5.75 Å². The maximum absolute atomic E-state index is 13.3. The topological polar surface area (TPSA) is 64.6 Å². The van der Waals surface area contributed by atoms with Crippen LogP contribution in [-0.2, 0) is 20.9 Å². The third-order valence-corrected chi connectivity index (χ3v) is 8.10. The molecule has 2 atom stereocenters. The Morgan fingerprint density at radius 3 is 2.73 bits per heavy atom. The summed E-state index contributed by atoms with van der Waals surface area (Å²) in [5.41, 5.74) is 3.04. The van der Waals surface area contributed by atoms with Gasteiger partial charge in [-0.1, -0.05) is 32.6 Å². The first-order valence-electron chi connectivity index (χ1n) is 10.9. The Labute approximate surface area is 207 Å². The lowest BCUT2D eigenvalue weighted by Crippen LogP contribution is -2.43. The van der Waals surface area contributed by atoms with Crippen molar-refractivity contribution in [3.05, 3.63) is 73.7 Å². The molecule has 0 bridgehead atoms. The number of methoxy groups -OCH3 is 1. The summed E-state index contributed by atoms with van der Waals surface area (Å²) in [6, 6.07) is 9.78. The summed E-state index contributed by atoms with van der Waals surface area (Å²) in [7, 11) is 1.37. The second-order valence-corrected chi connectivity index (χ2v) is 11.6. The average Bonchev–Trinajstić information content (AvgIpc) is 3.11. The van der Waals surface area contributed by atoms with Gasteiger partial charge in [-0.25, -0.2) is 0 Å². The molecular weight excluding hydrogens is 502 g/mol. The third-order valence-electron chi connectivity index (χ3n) is 6.27. The molecule has 2 aliphatic rings. The molecule has 33 heavy (non-hydrogen) atoms. The number of thiophene rings is 1. The van der Waals surface area contributed by atoms with Crippen molar-refractivity contribution in [1.82, 2.24) is 5.32 Å². The van der Waals surface area contributed by atoms with Crippen molar-refractivity contribution >= 4 is 39.0 Å². The zero-order chi connectivity index (χ0) is 23.9. The minimum Gasteiger partial charge on any atom is -0.488 e. The summed E-state index contributed by atoms with van der Waals surface area (Å²) in [5.74, 6) is -0.613. The SMILES string of the molecule is C=C1NC2=C(C(=O)CC(C)(C)C2)C(c2cc(COc3ccccc3Br)c(C)s2)C1C(=O)OC. The number of allylic oxidation sites excluding steroid dienone is 2. The Bertz CT molecular complexity index is 1160. The molecule has 0 fully saturated rings. The Morgan fingerprint density at radius 1 is 1.30 bits per heavy atom. The second-order valence-electron chi connectivity index (χ2n) is 9.41. The molecule has 1 aliphatic heterocycles. The van der Waals surface area contributed by atoms with Crippen LogP contribution in [0.3, 0.4) is 0 Å². The van der Waals surface area contributed by atoms with Gasteiger partial charge >= 0.3 is 5.97 Å². The van der Waals surface area contributed by atoms with Gasteiger partial charge in [0.05, 0.1) is 11.6 Å². The van der Waals surface area contributed by atoms with E-state index in [1.54, 1.807) is 11.3 Å². The van der Waals surface area contributed by atoms with E-state index >= 15 is 0 Å². The first-order valence-corrected chi connectivity index (χ1v) is 12.5. The number of esters is 1. The van der Waals surface area contributed by atoms with Crippen molar-refractivity contribution in [1.29, 1.82) is 0 Å². The third kappa shape index (κ3) is 4.66. The molecule has 0 saturated carbocycles. The van der Waals surface area contributed by atoms with Crippen LogP contribution in [0.25, 0.3) is 0 Å². The molecule has 5 nitrogen and oxygen atoms in total. The van der Waals surface area contributed by atoms with Crippen LogP contribution in [0.1, 0.15) is 47.9 Å². The standard InChI is InChI=1S/C26H28BrNO4S/c1-14-22(25(30)31-5)24(23-18(28-14)11-26(3,4)12-19(23)29)21-10-16(15(2)33-21)13-32-20-9-7-6-8-17(20)27/h6-10,22,24,28H,1,11-13H2,2-5H3. The molecule has 0 radical (unpaired) electrons. The maximum Gasteiger partial charge on any atom is 0.315 e. The number of nitrogens with one attached hydrogen (secondary N) is 1. The highest BCUT2D eigenvalue weighted by atomic mass is 79.9. The van der Waals surface area contributed by atoms with Crippen molar-refractivity contribution < 1.29 is 19.1 Å². The minimum absolute atomic E-state index is 0.0808. The zero-order valence-electron chi connectivity index (χ0n) is 19.3. The number of halogens is 1. The molecule has 2 unspecified atom stereocenters. The normalized spacial score (nSPS) is 22.0. The number of para-hydroxylation sites is 1. The first kappa shape index (κ1) is 23.8. The van der Waals surface area contributed by atoms with E-state index in [2.05, 4.69) is 47.7 Å². The maximum atomic E-state index is 13.3. The van der Waals surface area contributed by atoms with E-state index in [1.165, 1.54) is 7.11 Å². The summed E-state index contributed by atoms with van der Waals surface area (Å²) in [5, 5.41) is 3.28. The summed E-state index contributed by atoms with van der Waals surface area (Å²) in [4.78, 5) is 28.2. The number of benzene rings is 1. The van der Waals surface area contributed by atoms with Crippen LogP contribution < -0.4 is 10.1 Å². The minimum atomic E-state index is -0.658. The van der Waals surface area contributed by atoms with Crippen molar-refractivity contribution in [2.45, 2.75) is 46.1 Å². The molecule has 0 saturated heterocycles. The van der Waals surface area contributed by atoms with Gasteiger partial charge in [0.25, 0.3) is 0 Å². The largest absolute Gasteiger partial charge is 0.488 e. The first-order chi connectivity index (χ1) is 15.6. The number of aryl methyl sites for hydroxylation is 1. The van der Waals surface area contributed by atoms with Crippen molar-refractivity contribution in [2.24, 2.45) is 11.3 Å². The fourth-order valence-corrected chi connectivity index (χ4v) is 6.30. The van der Waals surface area contributed by atoms with Crippen molar-refractivity contribution in [3.63, 3.8) is 0 Å². The summed E-state index contributed by atoms with van der Waals surface area (Å²) in [6.45, 7) is 10.8. The second kappa shape index (κ2) is 9.11. The number of carbonyl (C=O) groups is 2. The van der Waals surface area contributed by atoms with Gasteiger partial charge in [-0.05, 0) is 52.9 Å². The van der Waals surface area contributed by atoms with E-state index in [0.29, 0.717) is 24.3 Å². The highest BCUT2D eigenvalue weighted by Gasteiger charge is 2.47. The molecule has 2 aromatic rings. The van der Waals surface area contributed by atoms with Gasteiger partial charge in [-0.2, -0.15) is 0 Å². The Hall–Kier alpha value is -2.38. The van der Waals surface area contributed by atoms with E-state index in [0.717, 1.165) is 37.7 Å². The van der Waals surface area contributed by atoms with E-state index < -0.39 is 17.8 Å². The Kier molecular flexibility index (Phi) is 6.56. The molecule has 0 amide bonds. The van der Waals surface area contributed by atoms with Gasteiger partial charge in [0.2, 0.25) is 0 Å². The van der Waals surface area contributed by atoms with Gasteiger partial charge in [0.1, 0.15) is 18.3 Å². The quantitative estimate of drug-likeness (QED) is 0.479. The van der Waals surface area contributed by atoms with Crippen LogP contribution in [0, 0.1) is 18.3 Å². The van der Waals surface area contributed by atoms with Crippen LogP contribution >= 0.6 is 27.3 Å². The number of ether oxygens (including phenoxy) is 2. The van der Waals surface area contributed by atoms with E-state index in [1.807, 2.05) is 31.2 Å². The molecule has 0 spiro atoms. The number of hydrogen-bond acceptors (Lipinski definition) is 6. The molecule has 1 aliphatic carbocycles. The predicted molar refractivity (Wildman–Crippen MR) is 133 cm³/mol. The number of Topliss-reactive ketones (excluding diaryl/α,β-unsaturated/α-hetero) is 1. The smallest absolute Gasteiger partial charge is 0.315 e. The van der Waals surface area contributed by atoms with Crippen molar-refractivity contribution in [3.8, 4) is 5.75 Å². The molecule has 1 aromatic heterocycles. The molecule has 1 aromatic carbocycles. The molecule has 4 rings (SSSR count). The molecule has 2 heterocycles. The number of rotatable bonds is 5. The number of ketones is 1. The lowest BCUT2D eigenvalue weighted by atomic mass is 9.68. The monoisotopic (exact) mass is 529 g/mol. The van der Waals surface area contributed by atoms with Crippen molar-refractivity contribution in [2.75, 3.05) is 7.11 Å². The molecule has 1 N–H and O–H groups in total. The Morgan fingerprint density at radius 2 is 2.03 bits per heavy atom. The van der Waals surface area contributed by atoms with Crippen LogP contribution in [0.2, 0.25) is 0 Å². The molecule has 7 heteroatoms. The molecule has 174 valence electrons. The fraction of sp³-hybridized carbons (Fsp3) is 0.385. The van der Waals surface area contributed by atoms with Crippen LogP contribution in [-0.4, -0.2) is 18.9 Å². The van der Waals surface area contributed by atoms with E-state index in [4.69, 9.17) is 9.47 Å². The lowest BCUT2D eigenvalue weighted by molar-refractivity contribution is -0.144. The summed E-state index contributed by atoms with van der Waals surface area (Å²) < 4.78 is 12.1. The van der Waals surface area contributed by atoms with Gasteiger partial charge in [-0.3, -0.25) is 9.59 Å². The summed E-state index contributed by atoms with van der Waals surface area (Å²) >= 11 is 5.11. The summed E-state index contributed by atoms with van der Waals surface area (Å²) in [6.07, 6.45) is 1.19. The average molecular weight is 530 g/mol. The highest BCUT2D eigenvalue weighted by molar-refractivity contribution is 9.10. The van der Waals surface area contributed by atoms with Gasteiger partial charge in [-0.15, -0.1) is 11.3 Å². The lowest BCUT2D eigenvalue weighted by Gasteiger charge is -2.41. The van der Waals surface area contributed by atoms with E-state index in [9.17, 15) is 9.59 Å². The predicted octanol–water partition coefficient (Wildman–Crippen LogP) is 6.03. The zero-order valence-corrected chi connectivity index (χ0v) is 21.7. The van der Waals surface area contributed by atoms with E-state index in [-0.39, 0.29) is 11.2 Å². The molecular formula is C26H28BrNO4S.